The van der Waals surface area contributed by atoms with Crippen molar-refractivity contribution in [1.82, 2.24) is 10.2 Å². The minimum Gasteiger partial charge on any atom is -0.355 e. The Bertz CT molecular complexity index is 456. The Morgan fingerprint density at radius 3 is 2.71 bits per heavy atom. The van der Waals surface area contributed by atoms with Crippen LogP contribution in [-0.2, 0) is 14.9 Å². The number of carbonyl (C=O) groups is 1. The van der Waals surface area contributed by atoms with Gasteiger partial charge in [-0.25, -0.2) is 0 Å². The molecular formula is C14H29N3O4S3. The van der Waals surface area contributed by atoms with E-state index in [0.29, 0.717) is 32.6 Å². The van der Waals surface area contributed by atoms with Crippen molar-refractivity contribution in [3.8, 4) is 0 Å². The highest BCUT2D eigenvalue weighted by atomic mass is 33.1. The van der Waals surface area contributed by atoms with Crippen molar-refractivity contribution in [3.05, 3.63) is 0 Å². The lowest BCUT2D eigenvalue weighted by Gasteiger charge is -2.20. The third kappa shape index (κ3) is 11.5. The van der Waals surface area contributed by atoms with E-state index in [9.17, 15) is 13.2 Å². The van der Waals surface area contributed by atoms with Crippen LogP contribution in [0.25, 0.3) is 0 Å². The fourth-order valence-electron chi connectivity index (χ4n) is 2.43. The van der Waals surface area contributed by atoms with Crippen LogP contribution in [-0.4, -0.2) is 73.3 Å². The van der Waals surface area contributed by atoms with E-state index in [1.165, 1.54) is 18.6 Å². The van der Waals surface area contributed by atoms with E-state index >= 15 is 0 Å². The van der Waals surface area contributed by atoms with Crippen LogP contribution >= 0.6 is 21.6 Å². The largest absolute Gasteiger partial charge is 0.355 e. The fraction of sp³-hybridized carbons (Fsp3) is 0.929. The number of nitrogens with zero attached hydrogens (tertiary/aromatic N) is 1. The zero-order chi connectivity index (χ0) is 17.8. The minimum atomic E-state index is -3.97. The molecule has 10 heteroatoms. The molecule has 1 unspecified atom stereocenters. The third-order valence-corrected chi connectivity index (χ3v) is 7.47. The fourth-order valence-corrected chi connectivity index (χ4v) is 5.94. The molecule has 1 saturated heterocycles. The monoisotopic (exact) mass is 399 g/mol. The first-order chi connectivity index (χ1) is 11.4. The van der Waals surface area contributed by atoms with E-state index in [-0.39, 0.29) is 18.2 Å². The van der Waals surface area contributed by atoms with Gasteiger partial charge < -0.3 is 11.1 Å². The average Bonchev–Trinajstić information content (AvgIpc) is 3.02. The summed E-state index contributed by atoms with van der Waals surface area (Å²) in [5.74, 6) is 0.955. The number of carbonyl (C=O) groups excluding carboxylic acids is 1. The van der Waals surface area contributed by atoms with Crippen LogP contribution in [0.2, 0.25) is 0 Å². The molecule has 0 aromatic rings. The molecule has 0 spiro atoms. The first-order valence-electron chi connectivity index (χ1n) is 8.33. The van der Waals surface area contributed by atoms with Gasteiger partial charge in [-0.05, 0) is 19.3 Å². The standard InChI is InChI=1S/C14H29N3O4S3/c15-6-8-17(10-12-24(19,20)21)9-7-16-14(18)4-2-1-3-13-5-11-22-23-13/h13H,1-12,15H2,(H,16,18)(H,19,20,21). The zero-order valence-corrected chi connectivity index (χ0v) is 16.4. The number of nitrogens with one attached hydrogen (secondary N) is 1. The van der Waals surface area contributed by atoms with E-state index in [0.717, 1.165) is 18.1 Å². The number of hydrogen-bond acceptors (Lipinski definition) is 7. The van der Waals surface area contributed by atoms with Crippen LogP contribution in [0, 0.1) is 0 Å². The topological polar surface area (TPSA) is 113 Å². The average molecular weight is 400 g/mol. The van der Waals surface area contributed by atoms with E-state index in [2.05, 4.69) is 5.32 Å². The van der Waals surface area contributed by atoms with Gasteiger partial charge in [0.25, 0.3) is 10.1 Å². The molecule has 0 aromatic carbocycles. The molecule has 0 bridgehead atoms. The lowest BCUT2D eigenvalue weighted by Crippen LogP contribution is -2.39. The Morgan fingerprint density at radius 2 is 2.08 bits per heavy atom. The molecule has 142 valence electrons. The van der Waals surface area contributed by atoms with Crippen molar-refractivity contribution in [3.63, 3.8) is 0 Å². The van der Waals surface area contributed by atoms with Crippen LogP contribution in [0.4, 0.5) is 0 Å². The Morgan fingerprint density at radius 1 is 1.29 bits per heavy atom. The van der Waals surface area contributed by atoms with Gasteiger partial charge in [0.2, 0.25) is 5.91 Å². The predicted octanol–water partition coefficient (Wildman–Crippen LogP) is 0.965. The number of rotatable bonds is 13. The maximum absolute atomic E-state index is 11.8. The normalized spacial score (nSPS) is 18.2. The number of nitrogens with two attached hydrogens (primary N) is 1. The predicted molar refractivity (Wildman–Crippen MR) is 102 cm³/mol. The Labute approximate surface area is 153 Å². The van der Waals surface area contributed by atoms with Crippen LogP contribution in [0.1, 0.15) is 32.1 Å². The quantitative estimate of drug-likeness (QED) is 0.238. The van der Waals surface area contributed by atoms with Gasteiger partial charge in [-0.15, -0.1) is 0 Å². The second-order valence-electron chi connectivity index (χ2n) is 5.84. The van der Waals surface area contributed by atoms with Crippen molar-refractivity contribution in [2.75, 3.05) is 44.2 Å². The van der Waals surface area contributed by atoms with E-state index in [1.54, 1.807) is 0 Å². The lowest BCUT2D eigenvalue weighted by molar-refractivity contribution is -0.121. The molecule has 1 rings (SSSR count). The van der Waals surface area contributed by atoms with Crippen molar-refractivity contribution in [2.24, 2.45) is 5.73 Å². The van der Waals surface area contributed by atoms with E-state index in [4.69, 9.17) is 10.3 Å². The highest BCUT2D eigenvalue weighted by molar-refractivity contribution is 8.77. The first-order valence-corrected chi connectivity index (χ1v) is 12.3. The second-order valence-corrected chi connectivity index (χ2v) is 10.2. The summed E-state index contributed by atoms with van der Waals surface area (Å²) in [4.78, 5) is 13.6. The molecule has 7 nitrogen and oxygen atoms in total. The summed E-state index contributed by atoms with van der Waals surface area (Å²) in [5.41, 5.74) is 5.49. The van der Waals surface area contributed by atoms with Gasteiger partial charge in [0, 0.05) is 50.1 Å². The molecular weight excluding hydrogens is 370 g/mol. The summed E-state index contributed by atoms with van der Waals surface area (Å²) < 4.78 is 30.4. The number of hydrogen-bond donors (Lipinski definition) is 3. The molecule has 0 aromatic heterocycles. The van der Waals surface area contributed by atoms with Crippen LogP contribution in [0.15, 0.2) is 0 Å². The van der Waals surface area contributed by atoms with E-state index in [1.807, 2.05) is 26.5 Å². The van der Waals surface area contributed by atoms with Crippen molar-refractivity contribution in [1.29, 1.82) is 0 Å². The molecule has 4 N–H and O–H groups in total. The summed E-state index contributed by atoms with van der Waals surface area (Å²) in [6, 6.07) is 0. The van der Waals surface area contributed by atoms with Crippen LogP contribution in [0.3, 0.4) is 0 Å². The summed E-state index contributed by atoms with van der Waals surface area (Å²) in [5, 5.41) is 3.61. The van der Waals surface area contributed by atoms with Gasteiger partial charge in [-0.3, -0.25) is 14.2 Å². The molecule has 0 saturated carbocycles. The molecule has 1 heterocycles. The van der Waals surface area contributed by atoms with Gasteiger partial charge >= 0.3 is 0 Å². The molecule has 24 heavy (non-hydrogen) atoms. The second kappa shape index (κ2) is 12.4. The smallest absolute Gasteiger partial charge is 0.266 e. The maximum atomic E-state index is 11.8. The molecule has 1 aliphatic rings. The summed E-state index contributed by atoms with van der Waals surface area (Å²) in [7, 11) is -0.0649. The Hall–Kier alpha value is -0.000000000000000187. The molecule has 1 fully saturated rings. The number of unbranched alkanes of at least 4 members (excludes halogenated alkanes) is 1. The zero-order valence-electron chi connectivity index (χ0n) is 14.0. The highest BCUT2D eigenvalue weighted by Crippen LogP contribution is 2.39. The molecule has 0 radical (unpaired) electrons. The first kappa shape index (κ1) is 22.0. The lowest BCUT2D eigenvalue weighted by atomic mass is 10.1. The van der Waals surface area contributed by atoms with Gasteiger partial charge in [0.05, 0.1) is 5.75 Å². The highest BCUT2D eigenvalue weighted by Gasteiger charge is 2.16. The van der Waals surface area contributed by atoms with Gasteiger partial charge in [-0.2, -0.15) is 8.42 Å². The van der Waals surface area contributed by atoms with Crippen LogP contribution < -0.4 is 11.1 Å². The summed E-state index contributed by atoms with van der Waals surface area (Å²) in [6.45, 7) is 2.12. The maximum Gasteiger partial charge on any atom is 0.266 e. The molecule has 0 aliphatic carbocycles. The summed E-state index contributed by atoms with van der Waals surface area (Å²) in [6.07, 6.45) is 4.99. The Balaban J connectivity index is 2.08. The van der Waals surface area contributed by atoms with Crippen molar-refractivity contribution >= 4 is 37.6 Å². The van der Waals surface area contributed by atoms with Crippen LogP contribution in [0.5, 0.6) is 0 Å². The molecule has 1 amide bonds. The number of amides is 1. The Kier molecular flexibility index (Phi) is 11.4. The van der Waals surface area contributed by atoms with Crippen molar-refractivity contribution < 1.29 is 17.8 Å². The van der Waals surface area contributed by atoms with Gasteiger partial charge in [0.1, 0.15) is 0 Å². The van der Waals surface area contributed by atoms with E-state index < -0.39 is 10.1 Å². The minimum absolute atomic E-state index is 0.0333. The molecule has 1 aliphatic heterocycles. The SMILES string of the molecule is NCCN(CCNC(=O)CCCCC1CCSS1)CCS(=O)(=O)O. The van der Waals surface area contributed by atoms with Crippen molar-refractivity contribution in [2.45, 2.75) is 37.4 Å². The summed E-state index contributed by atoms with van der Waals surface area (Å²) >= 11 is 0. The van der Waals surface area contributed by atoms with Gasteiger partial charge in [-0.1, -0.05) is 28.0 Å². The third-order valence-electron chi connectivity index (χ3n) is 3.77. The molecule has 1 atom stereocenters. The van der Waals surface area contributed by atoms with Gasteiger partial charge in [0.15, 0.2) is 0 Å².